The van der Waals surface area contributed by atoms with Gasteiger partial charge in [0.2, 0.25) is 0 Å². The van der Waals surface area contributed by atoms with E-state index in [1.54, 1.807) is 11.3 Å². The second kappa shape index (κ2) is 6.58. The Balaban J connectivity index is 1.69. The molecule has 1 atom stereocenters. The zero-order valence-electron chi connectivity index (χ0n) is 9.88. The molecule has 2 rings (SSSR count). The molecule has 1 aromatic heterocycles. The van der Waals surface area contributed by atoms with E-state index >= 15 is 0 Å². The lowest BCUT2D eigenvalue weighted by Crippen LogP contribution is -2.09. The summed E-state index contributed by atoms with van der Waals surface area (Å²) >= 11 is 1.72. The van der Waals surface area contributed by atoms with Gasteiger partial charge in [-0.15, -0.1) is 0 Å². The summed E-state index contributed by atoms with van der Waals surface area (Å²) in [4.78, 5) is 0. The third kappa shape index (κ3) is 4.33. The maximum atomic E-state index is 9.91. The molecule has 1 N–H and O–H groups in total. The quantitative estimate of drug-likeness (QED) is 0.824. The molecule has 1 nitrogen and oxygen atoms in total. The number of aliphatic hydroxyl groups excluding tert-OH is 1. The molecule has 0 aliphatic carbocycles. The first-order chi connectivity index (χ1) is 8.34. The normalized spacial score (nSPS) is 12.5. The van der Waals surface area contributed by atoms with Gasteiger partial charge in [-0.3, -0.25) is 0 Å². The molecule has 17 heavy (non-hydrogen) atoms. The first-order valence-corrected chi connectivity index (χ1v) is 7.02. The van der Waals surface area contributed by atoms with Gasteiger partial charge in [-0.2, -0.15) is 11.3 Å². The first kappa shape index (κ1) is 12.3. The minimum absolute atomic E-state index is 0.185. The molecule has 0 saturated carbocycles. The van der Waals surface area contributed by atoms with Crippen molar-refractivity contribution in [3.8, 4) is 0 Å². The molecule has 2 heteroatoms. The standard InChI is InChI=1S/C15H18OS/c16-15(9-7-14-10-11-17-12-14)8-6-13-4-2-1-3-5-13/h1-5,10-12,15-16H,6-9H2. The largest absolute Gasteiger partial charge is 0.393 e. The lowest BCUT2D eigenvalue weighted by Gasteiger charge is -2.09. The average molecular weight is 246 g/mol. The van der Waals surface area contributed by atoms with E-state index in [1.165, 1.54) is 11.1 Å². The average Bonchev–Trinajstić information content (AvgIpc) is 2.88. The molecule has 1 heterocycles. The lowest BCUT2D eigenvalue weighted by atomic mass is 10.0. The van der Waals surface area contributed by atoms with Crippen molar-refractivity contribution < 1.29 is 5.11 Å². The highest BCUT2D eigenvalue weighted by molar-refractivity contribution is 7.07. The number of hydrogen-bond acceptors (Lipinski definition) is 2. The molecular formula is C15H18OS. The smallest absolute Gasteiger partial charge is 0.0546 e. The number of thiophene rings is 1. The van der Waals surface area contributed by atoms with Crippen molar-refractivity contribution in [3.05, 3.63) is 58.3 Å². The molecule has 2 aromatic rings. The maximum Gasteiger partial charge on any atom is 0.0546 e. The summed E-state index contributed by atoms with van der Waals surface area (Å²) in [6.07, 6.45) is 3.48. The van der Waals surface area contributed by atoms with Gasteiger partial charge in [0.1, 0.15) is 0 Å². The molecule has 0 amide bonds. The van der Waals surface area contributed by atoms with Gasteiger partial charge in [-0.05, 0) is 53.6 Å². The summed E-state index contributed by atoms with van der Waals surface area (Å²) in [7, 11) is 0. The molecule has 0 bridgehead atoms. The first-order valence-electron chi connectivity index (χ1n) is 6.07. The van der Waals surface area contributed by atoms with Crippen molar-refractivity contribution in [2.75, 3.05) is 0 Å². The lowest BCUT2D eigenvalue weighted by molar-refractivity contribution is 0.155. The molecular weight excluding hydrogens is 228 g/mol. The van der Waals surface area contributed by atoms with Gasteiger partial charge >= 0.3 is 0 Å². The Kier molecular flexibility index (Phi) is 4.77. The summed E-state index contributed by atoms with van der Waals surface area (Å²) in [5.74, 6) is 0. The van der Waals surface area contributed by atoms with Crippen LogP contribution in [-0.4, -0.2) is 11.2 Å². The number of benzene rings is 1. The van der Waals surface area contributed by atoms with Crippen molar-refractivity contribution >= 4 is 11.3 Å². The van der Waals surface area contributed by atoms with Crippen molar-refractivity contribution in [1.82, 2.24) is 0 Å². The zero-order valence-corrected chi connectivity index (χ0v) is 10.7. The zero-order chi connectivity index (χ0) is 11.9. The molecule has 0 aliphatic heterocycles. The van der Waals surface area contributed by atoms with E-state index in [2.05, 4.69) is 29.0 Å². The van der Waals surface area contributed by atoms with Crippen LogP contribution in [0.4, 0.5) is 0 Å². The fourth-order valence-corrected chi connectivity index (χ4v) is 2.59. The summed E-state index contributed by atoms with van der Waals surface area (Å²) in [6, 6.07) is 12.5. The predicted molar refractivity (Wildman–Crippen MR) is 73.4 cm³/mol. The molecule has 0 spiro atoms. The summed E-state index contributed by atoms with van der Waals surface area (Å²) < 4.78 is 0. The predicted octanol–water partition coefficient (Wildman–Crippen LogP) is 3.67. The fourth-order valence-electron chi connectivity index (χ4n) is 1.89. The van der Waals surface area contributed by atoms with Gasteiger partial charge < -0.3 is 5.11 Å². The van der Waals surface area contributed by atoms with Gasteiger partial charge in [-0.25, -0.2) is 0 Å². The van der Waals surface area contributed by atoms with E-state index in [1.807, 2.05) is 18.2 Å². The van der Waals surface area contributed by atoms with E-state index in [-0.39, 0.29) is 6.10 Å². The molecule has 0 saturated heterocycles. The molecule has 1 aromatic carbocycles. The topological polar surface area (TPSA) is 20.2 Å². The highest BCUT2D eigenvalue weighted by Crippen LogP contribution is 2.12. The number of aryl methyl sites for hydroxylation is 2. The van der Waals surface area contributed by atoms with Crippen LogP contribution in [0.25, 0.3) is 0 Å². The Hall–Kier alpha value is -1.12. The van der Waals surface area contributed by atoms with E-state index in [9.17, 15) is 5.11 Å². The highest BCUT2D eigenvalue weighted by Gasteiger charge is 2.05. The SMILES string of the molecule is OC(CCc1ccccc1)CCc1ccsc1. The fraction of sp³-hybridized carbons (Fsp3) is 0.333. The van der Waals surface area contributed by atoms with E-state index in [0.717, 1.165) is 25.7 Å². The Morgan fingerprint density at radius 1 is 0.941 bits per heavy atom. The highest BCUT2D eigenvalue weighted by atomic mass is 32.1. The second-order valence-corrected chi connectivity index (χ2v) is 5.13. The summed E-state index contributed by atoms with van der Waals surface area (Å²) in [5.41, 5.74) is 2.65. The van der Waals surface area contributed by atoms with Crippen molar-refractivity contribution in [3.63, 3.8) is 0 Å². The van der Waals surface area contributed by atoms with Crippen molar-refractivity contribution in [2.24, 2.45) is 0 Å². The maximum absolute atomic E-state index is 9.91. The van der Waals surface area contributed by atoms with Crippen LogP contribution in [0.5, 0.6) is 0 Å². The molecule has 1 unspecified atom stereocenters. The minimum atomic E-state index is -0.185. The molecule has 90 valence electrons. The van der Waals surface area contributed by atoms with Gasteiger partial charge in [0.25, 0.3) is 0 Å². The van der Waals surface area contributed by atoms with Crippen LogP contribution in [0.3, 0.4) is 0 Å². The van der Waals surface area contributed by atoms with Crippen LogP contribution in [0.1, 0.15) is 24.0 Å². The Morgan fingerprint density at radius 3 is 2.29 bits per heavy atom. The Bertz CT molecular complexity index is 408. The third-order valence-corrected chi connectivity index (χ3v) is 3.69. The van der Waals surface area contributed by atoms with Gasteiger partial charge in [0.15, 0.2) is 0 Å². The van der Waals surface area contributed by atoms with E-state index in [0.29, 0.717) is 0 Å². The second-order valence-electron chi connectivity index (χ2n) is 4.35. The van der Waals surface area contributed by atoms with Crippen LogP contribution < -0.4 is 0 Å². The monoisotopic (exact) mass is 246 g/mol. The Labute approximate surface area is 107 Å². The summed E-state index contributed by atoms with van der Waals surface area (Å²) in [6.45, 7) is 0. The molecule has 0 aliphatic rings. The van der Waals surface area contributed by atoms with Crippen molar-refractivity contribution in [1.29, 1.82) is 0 Å². The van der Waals surface area contributed by atoms with E-state index in [4.69, 9.17) is 0 Å². The third-order valence-electron chi connectivity index (χ3n) is 2.96. The molecule has 0 fully saturated rings. The number of aliphatic hydroxyl groups is 1. The van der Waals surface area contributed by atoms with E-state index < -0.39 is 0 Å². The minimum Gasteiger partial charge on any atom is -0.393 e. The molecule has 0 radical (unpaired) electrons. The van der Waals surface area contributed by atoms with Crippen LogP contribution in [0, 0.1) is 0 Å². The van der Waals surface area contributed by atoms with Crippen LogP contribution in [0.2, 0.25) is 0 Å². The van der Waals surface area contributed by atoms with Gasteiger partial charge in [0.05, 0.1) is 6.10 Å². The Morgan fingerprint density at radius 2 is 1.65 bits per heavy atom. The number of hydrogen-bond donors (Lipinski definition) is 1. The van der Waals surface area contributed by atoms with Crippen LogP contribution in [-0.2, 0) is 12.8 Å². The van der Waals surface area contributed by atoms with Crippen molar-refractivity contribution in [2.45, 2.75) is 31.8 Å². The van der Waals surface area contributed by atoms with Gasteiger partial charge in [0, 0.05) is 0 Å². The number of rotatable bonds is 6. The van der Waals surface area contributed by atoms with Gasteiger partial charge in [-0.1, -0.05) is 30.3 Å². The summed E-state index contributed by atoms with van der Waals surface area (Å²) in [5, 5.41) is 14.2. The van der Waals surface area contributed by atoms with Crippen LogP contribution >= 0.6 is 11.3 Å². The van der Waals surface area contributed by atoms with Crippen LogP contribution in [0.15, 0.2) is 47.2 Å².